The van der Waals surface area contributed by atoms with Gasteiger partial charge in [0.05, 0.1) is 17.1 Å². The predicted octanol–water partition coefficient (Wildman–Crippen LogP) is 1.89. The number of anilines is 1. The molecule has 0 bridgehead atoms. The number of hydrogen-bond acceptors (Lipinski definition) is 6. The Labute approximate surface area is 170 Å². The van der Waals surface area contributed by atoms with Crippen LogP contribution in [0.1, 0.15) is 43.1 Å². The van der Waals surface area contributed by atoms with E-state index < -0.39 is 10.0 Å². The summed E-state index contributed by atoms with van der Waals surface area (Å²) in [5, 5.41) is 4.00. The van der Waals surface area contributed by atoms with Gasteiger partial charge in [-0.15, -0.1) is 0 Å². The summed E-state index contributed by atoms with van der Waals surface area (Å²) >= 11 is 0. The molecule has 1 aliphatic carbocycles. The molecule has 0 radical (unpaired) electrons. The van der Waals surface area contributed by atoms with Gasteiger partial charge < -0.3 is 9.64 Å². The van der Waals surface area contributed by atoms with E-state index in [1.807, 2.05) is 13.1 Å². The zero-order valence-corrected chi connectivity index (χ0v) is 17.1. The molecule has 1 saturated heterocycles. The number of nitrogens with one attached hydrogen (secondary N) is 1. The van der Waals surface area contributed by atoms with Gasteiger partial charge in [-0.2, -0.15) is 5.10 Å². The maximum absolute atomic E-state index is 12.5. The van der Waals surface area contributed by atoms with E-state index in [9.17, 15) is 13.2 Å². The van der Waals surface area contributed by atoms with Gasteiger partial charge in [-0.3, -0.25) is 14.2 Å². The Hall–Kier alpha value is -2.62. The fourth-order valence-corrected chi connectivity index (χ4v) is 4.67. The fraction of sp³-hybridized carbons (Fsp3) is 0.526. The lowest BCUT2D eigenvalue weighted by atomic mass is 10.1. The monoisotopic (exact) mass is 419 g/mol. The van der Waals surface area contributed by atoms with Gasteiger partial charge in [-0.05, 0) is 31.9 Å². The Balaban J connectivity index is 1.27. The lowest BCUT2D eigenvalue weighted by Crippen LogP contribution is -2.42. The molecule has 0 aromatic carbocycles. The largest absolute Gasteiger partial charge is 0.474 e. The molecule has 4 rings (SSSR count). The lowest BCUT2D eigenvalue weighted by Gasteiger charge is -2.31. The molecule has 1 amide bonds. The van der Waals surface area contributed by atoms with E-state index in [0.29, 0.717) is 56.0 Å². The summed E-state index contributed by atoms with van der Waals surface area (Å²) in [7, 11) is -3.29. The molecule has 0 spiro atoms. The van der Waals surface area contributed by atoms with E-state index in [0.717, 1.165) is 6.54 Å². The van der Waals surface area contributed by atoms with Crippen LogP contribution >= 0.6 is 0 Å². The van der Waals surface area contributed by atoms with E-state index >= 15 is 0 Å². The molecule has 9 nitrogen and oxygen atoms in total. The number of likely N-dealkylation sites (tertiary alicyclic amines) is 1. The first-order valence-electron chi connectivity index (χ1n) is 9.91. The molecular formula is C19H25N5O4S. The topological polar surface area (TPSA) is 106 Å². The molecular weight excluding hydrogens is 394 g/mol. The highest BCUT2D eigenvalue weighted by Gasteiger charge is 2.35. The van der Waals surface area contributed by atoms with Crippen LogP contribution in [0.4, 0.5) is 5.69 Å². The van der Waals surface area contributed by atoms with Crippen molar-refractivity contribution in [1.29, 1.82) is 0 Å². The van der Waals surface area contributed by atoms with Crippen LogP contribution in [-0.4, -0.2) is 58.4 Å². The molecule has 1 aliphatic heterocycles. The Morgan fingerprint density at radius 1 is 1.21 bits per heavy atom. The average molecular weight is 420 g/mol. The first kappa shape index (κ1) is 19.7. The Morgan fingerprint density at radius 2 is 1.97 bits per heavy atom. The summed E-state index contributed by atoms with van der Waals surface area (Å²) in [4.78, 5) is 18.5. The lowest BCUT2D eigenvalue weighted by molar-refractivity contribution is 0.0582. The number of sulfonamides is 1. The number of rotatable bonds is 7. The number of nitrogens with zero attached hydrogens (tertiary/aromatic N) is 4. The van der Waals surface area contributed by atoms with Crippen molar-refractivity contribution in [3.05, 3.63) is 36.3 Å². The molecule has 3 heterocycles. The van der Waals surface area contributed by atoms with Gasteiger partial charge in [0.25, 0.3) is 5.91 Å². The second kappa shape index (κ2) is 8.02. The second-order valence-electron chi connectivity index (χ2n) is 7.40. The van der Waals surface area contributed by atoms with Crippen LogP contribution in [0, 0.1) is 0 Å². The Bertz CT molecular complexity index is 961. The minimum absolute atomic E-state index is 0.0336. The van der Waals surface area contributed by atoms with Crippen molar-refractivity contribution in [3.63, 3.8) is 0 Å². The SMILES string of the molecule is CCn1ccc(C(=O)N2CCC(Oc3ccc(NS(=O)(=O)C4CC4)cn3)CC2)n1. The first-order chi connectivity index (χ1) is 13.9. The molecule has 2 aromatic heterocycles. The van der Waals surface area contributed by atoms with Gasteiger partial charge in [0.2, 0.25) is 15.9 Å². The molecule has 0 atom stereocenters. The number of carbonyl (C=O) groups excluding carboxylic acids is 1. The van der Waals surface area contributed by atoms with Gasteiger partial charge in [0.15, 0.2) is 0 Å². The van der Waals surface area contributed by atoms with Gasteiger partial charge in [-0.25, -0.2) is 13.4 Å². The first-order valence-corrected chi connectivity index (χ1v) is 11.5. The summed E-state index contributed by atoms with van der Waals surface area (Å²) in [5.74, 6) is 0.395. The minimum Gasteiger partial charge on any atom is -0.474 e. The number of aromatic nitrogens is 3. The number of ether oxygens (including phenoxy) is 1. The minimum atomic E-state index is -3.29. The molecule has 1 saturated carbocycles. The fourth-order valence-electron chi connectivity index (χ4n) is 3.30. The maximum atomic E-state index is 12.5. The van der Waals surface area contributed by atoms with Gasteiger partial charge in [-0.1, -0.05) is 0 Å². The molecule has 2 fully saturated rings. The number of piperidine rings is 1. The summed E-state index contributed by atoms with van der Waals surface area (Å²) in [6.45, 7) is 3.91. The molecule has 10 heteroatoms. The van der Waals surface area contributed by atoms with Crippen LogP contribution in [0.3, 0.4) is 0 Å². The van der Waals surface area contributed by atoms with Gasteiger partial charge in [0, 0.05) is 44.7 Å². The van der Waals surface area contributed by atoms with Crippen LogP contribution in [-0.2, 0) is 16.6 Å². The highest BCUT2D eigenvalue weighted by Crippen LogP contribution is 2.29. The summed E-state index contributed by atoms with van der Waals surface area (Å²) in [6, 6.07) is 5.07. The number of hydrogen-bond donors (Lipinski definition) is 1. The van der Waals surface area contributed by atoms with Gasteiger partial charge >= 0.3 is 0 Å². The highest BCUT2D eigenvalue weighted by atomic mass is 32.2. The normalized spacial score (nSPS) is 17.9. The Kier molecular flexibility index (Phi) is 5.44. The third-order valence-corrected chi connectivity index (χ3v) is 7.03. The van der Waals surface area contributed by atoms with Crippen molar-refractivity contribution in [2.75, 3.05) is 17.8 Å². The van der Waals surface area contributed by atoms with Crippen molar-refractivity contribution in [3.8, 4) is 5.88 Å². The van der Waals surface area contributed by atoms with E-state index in [1.165, 1.54) is 6.20 Å². The number of aryl methyl sites for hydroxylation is 1. The summed E-state index contributed by atoms with van der Waals surface area (Å²) < 4.78 is 34.1. The van der Waals surface area contributed by atoms with Crippen LogP contribution in [0.5, 0.6) is 5.88 Å². The summed E-state index contributed by atoms with van der Waals surface area (Å²) in [6.07, 6.45) is 6.09. The zero-order valence-electron chi connectivity index (χ0n) is 16.3. The van der Waals surface area contributed by atoms with Crippen LogP contribution in [0.15, 0.2) is 30.6 Å². The second-order valence-corrected chi connectivity index (χ2v) is 9.36. The van der Waals surface area contributed by atoms with Crippen LogP contribution in [0.2, 0.25) is 0 Å². The highest BCUT2D eigenvalue weighted by molar-refractivity contribution is 7.93. The zero-order chi connectivity index (χ0) is 20.4. The smallest absolute Gasteiger partial charge is 0.274 e. The Morgan fingerprint density at radius 3 is 2.55 bits per heavy atom. The molecule has 2 aromatic rings. The van der Waals surface area contributed by atoms with Crippen molar-refractivity contribution in [1.82, 2.24) is 19.7 Å². The average Bonchev–Trinajstić information content (AvgIpc) is 3.48. The standard InChI is InChI=1S/C19H25N5O4S/c1-2-24-12-9-17(21-24)19(25)23-10-7-15(8-11-23)28-18-6-3-14(13-20-18)22-29(26,27)16-4-5-16/h3,6,9,12-13,15-16,22H,2,4-5,7-8,10-11H2,1H3. The number of amides is 1. The van der Waals surface area contributed by atoms with Crippen molar-refractivity contribution in [2.24, 2.45) is 0 Å². The quantitative estimate of drug-likeness (QED) is 0.734. The third kappa shape index (κ3) is 4.69. The molecule has 2 aliphatic rings. The molecule has 29 heavy (non-hydrogen) atoms. The molecule has 0 unspecified atom stereocenters. The third-order valence-electron chi connectivity index (χ3n) is 5.16. The van der Waals surface area contributed by atoms with Gasteiger partial charge in [0.1, 0.15) is 11.8 Å². The van der Waals surface area contributed by atoms with Crippen molar-refractivity contribution in [2.45, 2.75) is 50.5 Å². The van der Waals surface area contributed by atoms with E-state index in [-0.39, 0.29) is 17.3 Å². The van der Waals surface area contributed by atoms with Crippen molar-refractivity contribution >= 4 is 21.6 Å². The van der Waals surface area contributed by atoms with E-state index in [2.05, 4.69) is 14.8 Å². The molecule has 156 valence electrons. The van der Waals surface area contributed by atoms with Crippen molar-refractivity contribution < 1.29 is 17.9 Å². The van der Waals surface area contributed by atoms with Crippen LogP contribution in [0.25, 0.3) is 0 Å². The summed E-state index contributed by atoms with van der Waals surface area (Å²) in [5.41, 5.74) is 0.910. The molecule has 1 N–H and O–H groups in total. The predicted molar refractivity (Wildman–Crippen MR) is 107 cm³/mol. The van der Waals surface area contributed by atoms with E-state index in [1.54, 1.807) is 27.8 Å². The number of pyridine rings is 1. The van der Waals surface area contributed by atoms with E-state index in [4.69, 9.17) is 4.74 Å². The van der Waals surface area contributed by atoms with Crippen LogP contribution < -0.4 is 9.46 Å². The number of carbonyl (C=O) groups is 1. The maximum Gasteiger partial charge on any atom is 0.274 e.